The van der Waals surface area contributed by atoms with Gasteiger partial charge in [0.1, 0.15) is 4.75 Å². The molecule has 0 aliphatic carbocycles. The average Bonchev–Trinajstić information content (AvgIpc) is 2.22. The summed E-state index contributed by atoms with van der Waals surface area (Å²) in [5.74, 6) is 0. The number of fused-ring (bicyclic) bond motifs is 1. The molecule has 3 nitrogen and oxygen atoms in total. The van der Waals surface area contributed by atoms with Crippen LogP contribution in [0.1, 0.15) is 30.5 Å². The van der Waals surface area contributed by atoms with E-state index in [9.17, 15) is 21.6 Å². The van der Waals surface area contributed by atoms with Crippen LogP contribution in [0, 0.1) is 0 Å². The molecule has 0 unspecified atom stereocenters. The monoisotopic (exact) mass is 280 g/mol. The smallest absolute Gasteiger partial charge is 0.265 e. The normalized spacial score (nSPS) is 21.4. The molecular formula is C11H11F3O3S. The summed E-state index contributed by atoms with van der Waals surface area (Å²) in [5.41, 5.74) is -0.809. The first-order chi connectivity index (χ1) is 8.07. The molecule has 2 rings (SSSR count). The summed E-state index contributed by atoms with van der Waals surface area (Å²) in [6.07, 6.45) is -4.52. The van der Waals surface area contributed by atoms with Gasteiger partial charge in [0.25, 0.3) is 10.1 Å². The molecule has 0 aromatic heterocycles. The van der Waals surface area contributed by atoms with Crippen LogP contribution in [0.15, 0.2) is 18.2 Å². The molecule has 0 saturated carbocycles. The van der Waals surface area contributed by atoms with Crippen molar-refractivity contribution in [1.82, 2.24) is 0 Å². The first kappa shape index (κ1) is 13.4. The number of hydrogen-bond donors (Lipinski definition) is 0. The number of alkyl halides is 3. The minimum absolute atomic E-state index is 0.107. The van der Waals surface area contributed by atoms with E-state index in [1.807, 2.05) is 0 Å². The van der Waals surface area contributed by atoms with Crippen molar-refractivity contribution in [2.24, 2.45) is 0 Å². The molecule has 1 heterocycles. The fraction of sp³-hybridized carbons (Fsp3) is 0.455. The first-order valence-electron chi connectivity index (χ1n) is 5.16. The van der Waals surface area contributed by atoms with E-state index in [0.29, 0.717) is 0 Å². The number of hydrogen-bond acceptors (Lipinski definition) is 3. The van der Waals surface area contributed by atoms with Gasteiger partial charge < -0.3 is 0 Å². The molecule has 0 radical (unpaired) electrons. The van der Waals surface area contributed by atoms with E-state index < -0.39 is 33.2 Å². The number of halogens is 3. The van der Waals surface area contributed by atoms with Crippen LogP contribution < -0.4 is 0 Å². The molecule has 0 bridgehead atoms. The minimum atomic E-state index is -4.52. The van der Waals surface area contributed by atoms with Gasteiger partial charge in [0.2, 0.25) is 0 Å². The van der Waals surface area contributed by atoms with Crippen LogP contribution in [0.5, 0.6) is 0 Å². The summed E-state index contributed by atoms with van der Waals surface area (Å²) < 4.78 is 65.0. The number of benzene rings is 1. The molecule has 7 heteroatoms. The van der Waals surface area contributed by atoms with Crippen LogP contribution in [0.4, 0.5) is 13.2 Å². The molecule has 0 fully saturated rings. The molecule has 1 aliphatic rings. The van der Waals surface area contributed by atoms with Gasteiger partial charge in [0.15, 0.2) is 0 Å². The summed E-state index contributed by atoms with van der Waals surface area (Å²) >= 11 is 0. The molecule has 0 spiro atoms. The fourth-order valence-corrected chi connectivity index (χ4v) is 3.02. The van der Waals surface area contributed by atoms with Gasteiger partial charge in [-0.25, -0.2) is 0 Å². The molecule has 0 N–H and O–H groups in total. The third kappa shape index (κ3) is 1.81. The second kappa shape index (κ2) is 3.71. The van der Waals surface area contributed by atoms with Crippen molar-refractivity contribution in [2.75, 3.05) is 0 Å². The van der Waals surface area contributed by atoms with Crippen LogP contribution in [0.25, 0.3) is 0 Å². The van der Waals surface area contributed by atoms with E-state index in [-0.39, 0.29) is 11.1 Å². The average molecular weight is 280 g/mol. The highest BCUT2D eigenvalue weighted by Crippen LogP contribution is 2.43. The molecule has 0 amide bonds. The highest BCUT2D eigenvalue weighted by molar-refractivity contribution is 7.87. The number of rotatable bonds is 0. The Kier molecular flexibility index (Phi) is 2.75. The molecule has 1 aliphatic heterocycles. The van der Waals surface area contributed by atoms with E-state index in [4.69, 9.17) is 0 Å². The Hall–Kier alpha value is -1.08. The summed E-state index contributed by atoms with van der Waals surface area (Å²) in [7, 11) is -3.90. The van der Waals surface area contributed by atoms with Crippen LogP contribution >= 0.6 is 0 Å². The maximum atomic E-state index is 12.8. The molecule has 1 aromatic rings. The second-order valence-corrected chi connectivity index (χ2v) is 6.72. The quantitative estimate of drug-likeness (QED) is 0.686. The highest BCUT2D eigenvalue weighted by Gasteiger charge is 2.46. The van der Waals surface area contributed by atoms with Crippen molar-refractivity contribution >= 4 is 10.1 Å². The van der Waals surface area contributed by atoms with E-state index in [0.717, 1.165) is 6.07 Å². The lowest BCUT2D eigenvalue weighted by Crippen LogP contribution is -2.37. The second-order valence-electron chi connectivity index (χ2n) is 4.56. The SMILES string of the molecule is CC1(C)c2cccc(C(F)(F)F)c2COS1(=O)=O. The molecule has 18 heavy (non-hydrogen) atoms. The Morgan fingerprint density at radius 2 is 1.89 bits per heavy atom. The summed E-state index contributed by atoms with van der Waals surface area (Å²) in [6, 6.07) is 3.53. The van der Waals surface area contributed by atoms with Gasteiger partial charge in [0.05, 0.1) is 12.2 Å². The van der Waals surface area contributed by atoms with Gasteiger partial charge in [-0.1, -0.05) is 12.1 Å². The van der Waals surface area contributed by atoms with Crippen molar-refractivity contribution in [2.45, 2.75) is 31.4 Å². The van der Waals surface area contributed by atoms with Crippen molar-refractivity contribution in [1.29, 1.82) is 0 Å². The predicted octanol–water partition coefficient (Wildman–Crippen LogP) is 2.80. The lowest BCUT2D eigenvalue weighted by atomic mass is 9.92. The van der Waals surface area contributed by atoms with E-state index >= 15 is 0 Å². The summed E-state index contributed by atoms with van der Waals surface area (Å²) in [4.78, 5) is 0. The molecule has 0 saturated heterocycles. The Bertz CT molecular complexity index is 588. The Labute approximate surface area is 103 Å². The van der Waals surface area contributed by atoms with Gasteiger partial charge in [0, 0.05) is 0 Å². The Balaban J connectivity index is 2.73. The Morgan fingerprint density at radius 1 is 1.28 bits per heavy atom. The van der Waals surface area contributed by atoms with Gasteiger partial charge in [-0.15, -0.1) is 0 Å². The van der Waals surface area contributed by atoms with Gasteiger partial charge in [-0.2, -0.15) is 21.6 Å². The lowest BCUT2D eigenvalue weighted by molar-refractivity contribution is -0.138. The van der Waals surface area contributed by atoms with Crippen LogP contribution in [0.3, 0.4) is 0 Å². The third-order valence-electron chi connectivity index (χ3n) is 3.11. The third-order valence-corrected chi connectivity index (χ3v) is 5.01. The van der Waals surface area contributed by atoms with Gasteiger partial charge >= 0.3 is 6.18 Å². The molecule has 0 atom stereocenters. The predicted molar refractivity (Wildman–Crippen MR) is 58.2 cm³/mol. The van der Waals surface area contributed by atoms with E-state index in [1.54, 1.807) is 0 Å². The lowest BCUT2D eigenvalue weighted by Gasteiger charge is -2.32. The van der Waals surface area contributed by atoms with E-state index in [2.05, 4.69) is 4.18 Å². The van der Waals surface area contributed by atoms with Crippen LogP contribution in [-0.2, 0) is 31.8 Å². The molecular weight excluding hydrogens is 269 g/mol. The standard InChI is InChI=1S/C11H11F3O3S/c1-10(2)8-4-3-5-9(11(12,13)14)7(8)6-17-18(10,15)16/h3-5H,6H2,1-2H3. The summed E-state index contributed by atoms with van der Waals surface area (Å²) in [6.45, 7) is 2.09. The zero-order chi connectivity index (χ0) is 13.8. The highest BCUT2D eigenvalue weighted by atomic mass is 32.2. The van der Waals surface area contributed by atoms with Gasteiger partial charge in [-0.05, 0) is 31.0 Å². The molecule has 1 aromatic carbocycles. The van der Waals surface area contributed by atoms with Gasteiger partial charge in [-0.3, -0.25) is 4.18 Å². The maximum Gasteiger partial charge on any atom is 0.416 e. The van der Waals surface area contributed by atoms with Crippen molar-refractivity contribution < 1.29 is 25.8 Å². The van der Waals surface area contributed by atoms with Crippen LogP contribution in [-0.4, -0.2) is 8.42 Å². The van der Waals surface area contributed by atoms with Crippen molar-refractivity contribution in [3.63, 3.8) is 0 Å². The largest absolute Gasteiger partial charge is 0.416 e. The molecule has 100 valence electrons. The zero-order valence-corrected chi connectivity index (χ0v) is 10.5. The first-order valence-corrected chi connectivity index (χ1v) is 6.57. The van der Waals surface area contributed by atoms with Crippen molar-refractivity contribution in [3.05, 3.63) is 34.9 Å². The Morgan fingerprint density at radius 3 is 2.44 bits per heavy atom. The van der Waals surface area contributed by atoms with Crippen molar-refractivity contribution in [3.8, 4) is 0 Å². The fourth-order valence-electron chi connectivity index (χ4n) is 1.99. The van der Waals surface area contributed by atoms with E-state index in [1.165, 1.54) is 26.0 Å². The summed E-state index contributed by atoms with van der Waals surface area (Å²) in [5, 5.41) is 0. The topological polar surface area (TPSA) is 43.4 Å². The maximum absolute atomic E-state index is 12.8. The minimum Gasteiger partial charge on any atom is -0.265 e. The zero-order valence-electron chi connectivity index (χ0n) is 9.71. The van der Waals surface area contributed by atoms with Crippen LogP contribution in [0.2, 0.25) is 0 Å².